The second-order valence-corrected chi connectivity index (χ2v) is 4.59. The van der Waals surface area contributed by atoms with E-state index in [2.05, 4.69) is 17.1 Å². The molecule has 1 fully saturated rings. The molecule has 0 aromatic rings. The van der Waals surface area contributed by atoms with E-state index in [-0.39, 0.29) is 0 Å². The summed E-state index contributed by atoms with van der Waals surface area (Å²) in [6.07, 6.45) is 3.99. The van der Waals surface area contributed by atoms with Gasteiger partial charge in [-0.25, -0.2) is 0 Å². The summed E-state index contributed by atoms with van der Waals surface area (Å²) in [6, 6.07) is 0. The van der Waals surface area contributed by atoms with Crippen LogP contribution in [0.25, 0.3) is 0 Å². The average molecular weight is 244 g/mol. The summed E-state index contributed by atoms with van der Waals surface area (Å²) in [6.45, 7) is 9.46. The van der Waals surface area contributed by atoms with Gasteiger partial charge in [0.2, 0.25) is 0 Å². The van der Waals surface area contributed by atoms with Crippen LogP contribution in [0.3, 0.4) is 0 Å². The van der Waals surface area contributed by atoms with E-state index in [4.69, 9.17) is 9.47 Å². The summed E-state index contributed by atoms with van der Waals surface area (Å²) in [5.41, 5.74) is 0. The first kappa shape index (κ1) is 14.9. The lowest BCUT2D eigenvalue weighted by Gasteiger charge is -2.31. The third-order valence-electron chi connectivity index (χ3n) is 3.24. The number of ether oxygens (including phenoxy) is 2. The zero-order chi connectivity index (χ0) is 12.3. The predicted octanol–water partition coefficient (Wildman–Crippen LogP) is 1.11. The SMILES string of the molecule is CCOC1CCN(CCNCCCOC)CC1. The second kappa shape index (κ2) is 9.83. The fourth-order valence-electron chi connectivity index (χ4n) is 2.24. The Kier molecular flexibility index (Phi) is 8.61. The van der Waals surface area contributed by atoms with Crippen LogP contribution in [0.1, 0.15) is 26.2 Å². The van der Waals surface area contributed by atoms with E-state index in [1.165, 1.54) is 25.9 Å². The van der Waals surface area contributed by atoms with Crippen molar-refractivity contribution in [2.75, 3.05) is 53.0 Å². The molecule has 0 atom stereocenters. The molecule has 0 saturated carbocycles. The van der Waals surface area contributed by atoms with E-state index in [1.807, 2.05) is 0 Å². The van der Waals surface area contributed by atoms with Crippen LogP contribution in [0, 0.1) is 0 Å². The standard InChI is InChI=1S/C13H28N2O2/c1-3-17-13-5-9-15(10-6-13)11-8-14-7-4-12-16-2/h13-14H,3-12H2,1-2H3. The third kappa shape index (κ3) is 6.99. The topological polar surface area (TPSA) is 33.7 Å². The minimum absolute atomic E-state index is 0.505. The lowest BCUT2D eigenvalue weighted by Crippen LogP contribution is -2.40. The maximum atomic E-state index is 5.64. The Bertz CT molecular complexity index is 171. The van der Waals surface area contributed by atoms with Crippen molar-refractivity contribution in [3.8, 4) is 0 Å². The number of rotatable bonds is 9. The van der Waals surface area contributed by atoms with Gasteiger partial charge in [-0.2, -0.15) is 0 Å². The number of hydrogen-bond acceptors (Lipinski definition) is 4. The van der Waals surface area contributed by atoms with Gasteiger partial charge in [0.1, 0.15) is 0 Å². The van der Waals surface area contributed by atoms with Crippen LogP contribution >= 0.6 is 0 Å². The number of nitrogens with one attached hydrogen (secondary N) is 1. The van der Waals surface area contributed by atoms with Crippen molar-refractivity contribution in [3.63, 3.8) is 0 Å². The molecule has 0 bridgehead atoms. The van der Waals surface area contributed by atoms with Gasteiger partial charge in [0, 0.05) is 46.5 Å². The fraction of sp³-hybridized carbons (Fsp3) is 1.00. The van der Waals surface area contributed by atoms with Gasteiger partial charge in [-0.05, 0) is 32.7 Å². The molecule has 1 saturated heterocycles. The molecular formula is C13H28N2O2. The van der Waals surface area contributed by atoms with Crippen molar-refractivity contribution >= 4 is 0 Å². The molecule has 4 nitrogen and oxygen atoms in total. The highest BCUT2D eigenvalue weighted by molar-refractivity contribution is 4.72. The van der Waals surface area contributed by atoms with Crippen LogP contribution in [0.15, 0.2) is 0 Å². The highest BCUT2D eigenvalue weighted by Crippen LogP contribution is 2.12. The minimum atomic E-state index is 0.505. The van der Waals surface area contributed by atoms with Gasteiger partial charge in [-0.15, -0.1) is 0 Å². The van der Waals surface area contributed by atoms with Gasteiger partial charge >= 0.3 is 0 Å². The van der Waals surface area contributed by atoms with Crippen molar-refractivity contribution in [2.24, 2.45) is 0 Å². The molecule has 1 aliphatic rings. The van der Waals surface area contributed by atoms with Crippen molar-refractivity contribution in [2.45, 2.75) is 32.3 Å². The molecular weight excluding hydrogens is 216 g/mol. The van der Waals surface area contributed by atoms with E-state index in [9.17, 15) is 0 Å². The summed E-state index contributed by atoms with van der Waals surface area (Å²) < 4.78 is 10.7. The van der Waals surface area contributed by atoms with E-state index in [1.54, 1.807) is 7.11 Å². The molecule has 1 N–H and O–H groups in total. The lowest BCUT2D eigenvalue weighted by atomic mass is 10.1. The molecule has 1 aliphatic heterocycles. The molecule has 102 valence electrons. The van der Waals surface area contributed by atoms with Crippen LogP contribution in [-0.2, 0) is 9.47 Å². The number of nitrogens with zero attached hydrogens (tertiary/aromatic N) is 1. The third-order valence-corrected chi connectivity index (χ3v) is 3.24. The van der Waals surface area contributed by atoms with Gasteiger partial charge in [0.15, 0.2) is 0 Å². The molecule has 1 rings (SSSR count). The monoisotopic (exact) mass is 244 g/mol. The molecule has 0 aliphatic carbocycles. The fourth-order valence-corrected chi connectivity index (χ4v) is 2.24. The molecule has 0 spiro atoms. The van der Waals surface area contributed by atoms with Crippen molar-refractivity contribution in [3.05, 3.63) is 0 Å². The van der Waals surface area contributed by atoms with Crippen LogP contribution in [-0.4, -0.2) is 64.1 Å². The summed E-state index contributed by atoms with van der Waals surface area (Å²) in [7, 11) is 1.75. The van der Waals surface area contributed by atoms with Crippen molar-refractivity contribution in [1.82, 2.24) is 10.2 Å². The molecule has 0 radical (unpaired) electrons. The van der Waals surface area contributed by atoms with Gasteiger partial charge in [-0.3, -0.25) is 0 Å². The van der Waals surface area contributed by atoms with E-state index in [0.717, 1.165) is 39.3 Å². The Morgan fingerprint density at radius 2 is 2.00 bits per heavy atom. The number of piperidine rings is 1. The van der Waals surface area contributed by atoms with Gasteiger partial charge < -0.3 is 19.7 Å². The van der Waals surface area contributed by atoms with E-state index < -0.39 is 0 Å². The Balaban J connectivity index is 1.91. The van der Waals surface area contributed by atoms with Crippen LogP contribution < -0.4 is 5.32 Å². The van der Waals surface area contributed by atoms with E-state index in [0.29, 0.717) is 6.10 Å². The zero-order valence-electron chi connectivity index (χ0n) is 11.4. The maximum absolute atomic E-state index is 5.64. The predicted molar refractivity (Wildman–Crippen MR) is 70.5 cm³/mol. The lowest BCUT2D eigenvalue weighted by molar-refractivity contribution is 0.0145. The highest BCUT2D eigenvalue weighted by atomic mass is 16.5. The smallest absolute Gasteiger partial charge is 0.0599 e. The average Bonchev–Trinajstić information content (AvgIpc) is 2.36. The molecule has 1 heterocycles. The Morgan fingerprint density at radius 3 is 2.65 bits per heavy atom. The molecule has 17 heavy (non-hydrogen) atoms. The first-order valence-corrected chi connectivity index (χ1v) is 6.90. The Morgan fingerprint density at radius 1 is 1.24 bits per heavy atom. The van der Waals surface area contributed by atoms with Gasteiger partial charge in [-0.1, -0.05) is 0 Å². The van der Waals surface area contributed by atoms with Crippen LogP contribution in [0.2, 0.25) is 0 Å². The van der Waals surface area contributed by atoms with Gasteiger partial charge in [0.25, 0.3) is 0 Å². The normalized spacial score (nSPS) is 18.7. The molecule has 0 aromatic heterocycles. The number of methoxy groups -OCH3 is 1. The molecule has 0 aromatic carbocycles. The first-order chi connectivity index (χ1) is 8.36. The van der Waals surface area contributed by atoms with E-state index >= 15 is 0 Å². The largest absolute Gasteiger partial charge is 0.385 e. The first-order valence-electron chi connectivity index (χ1n) is 6.90. The minimum Gasteiger partial charge on any atom is -0.385 e. The van der Waals surface area contributed by atoms with Crippen LogP contribution in [0.4, 0.5) is 0 Å². The quantitative estimate of drug-likeness (QED) is 0.616. The van der Waals surface area contributed by atoms with Gasteiger partial charge in [0.05, 0.1) is 6.10 Å². The summed E-state index contributed by atoms with van der Waals surface area (Å²) in [4.78, 5) is 2.53. The molecule has 0 unspecified atom stereocenters. The Hall–Kier alpha value is -0.160. The van der Waals surface area contributed by atoms with Crippen molar-refractivity contribution < 1.29 is 9.47 Å². The maximum Gasteiger partial charge on any atom is 0.0599 e. The second-order valence-electron chi connectivity index (χ2n) is 4.59. The highest BCUT2D eigenvalue weighted by Gasteiger charge is 2.18. The number of likely N-dealkylation sites (tertiary alicyclic amines) is 1. The molecule has 0 amide bonds. The van der Waals surface area contributed by atoms with Crippen molar-refractivity contribution in [1.29, 1.82) is 0 Å². The summed E-state index contributed by atoms with van der Waals surface area (Å²) in [5.74, 6) is 0. The summed E-state index contributed by atoms with van der Waals surface area (Å²) in [5, 5.41) is 3.45. The zero-order valence-corrected chi connectivity index (χ0v) is 11.4. The summed E-state index contributed by atoms with van der Waals surface area (Å²) >= 11 is 0. The van der Waals surface area contributed by atoms with Crippen LogP contribution in [0.5, 0.6) is 0 Å². The number of hydrogen-bond donors (Lipinski definition) is 1. The Labute approximate surface area is 106 Å². The molecule has 4 heteroatoms.